The molecule has 5 aromatic rings. The summed E-state index contributed by atoms with van der Waals surface area (Å²) in [7, 11) is 0. The van der Waals surface area contributed by atoms with Crippen LogP contribution in [0.5, 0.6) is 11.5 Å². The van der Waals surface area contributed by atoms with E-state index in [1.807, 2.05) is 26.1 Å². The number of nitriles is 1. The van der Waals surface area contributed by atoms with E-state index in [4.69, 9.17) is 9.72 Å². The minimum atomic E-state index is -0.398. The van der Waals surface area contributed by atoms with Crippen LogP contribution in [0.15, 0.2) is 72.9 Å². The third kappa shape index (κ3) is 2.76. The molecule has 0 saturated heterocycles. The van der Waals surface area contributed by atoms with E-state index in [0.29, 0.717) is 6.42 Å². The molecule has 0 radical (unpaired) electrons. The van der Waals surface area contributed by atoms with Gasteiger partial charge in [-0.25, -0.2) is 0 Å². The van der Waals surface area contributed by atoms with Gasteiger partial charge in [-0.05, 0) is 77.0 Å². The molecule has 1 aromatic heterocycles. The first-order chi connectivity index (χ1) is 15.0. The summed E-state index contributed by atoms with van der Waals surface area (Å²) in [6, 6.07) is 25.6. The molecule has 2 heterocycles. The third-order valence-corrected chi connectivity index (χ3v) is 6.16. The van der Waals surface area contributed by atoms with Gasteiger partial charge >= 0.3 is 0 Å². The Morgan fingerprint density at radius 1 is 0.871 bits per heavy atom. The van der Waals surface area contributed by atoms with Gasteiger partial charge in [-0.1, -0.05) is 42.5 Å². The van der Waals surface area contributed by atoms with Gasteiger partial charge in [0.25, 0.3) is 0 Å². The number of ether oxygens (including phenoxy) is 1. The van der Waals surface area contributed by atoms with Crippen molar-refractivity contribution in [3.8, 4) is 28.8 Å². The molecule has 0 spiro atoms. The van der Waals surface area contributed by atoms with Gasteiger partial charge in [0.05, 0.1) is 22.6 Å². The first kappa shape index (κ1) is 17.9. The average molecular weight is 400 g/mol. The molecule has 0 atom stereocenters. The van der Waals surface area contributed by atoms with E-state index in [1.165, 1.54) is 10.8 Å². The number of rotatable bonds is 2. The molecule has 0 N–H and O–H groups in total. The SMILES string of the molecule is CC(C)(C#N)Cc1ccc2cc3c4c(nccc4c2c1)-c1cc2ccccc2cc1O3. The highest BCUT2D eigenvalue weighted by Gasteiger charge is 2.24. The summed E-state index contributed by atoms with van der Waals surface area (Å²) in [5, 5.41) is 16.3. The molecule has 6 rings (SSSR count). The van der Waals surface area contributed by atoms with Crippen molar-refractivity contribution in [3.05, 3.63) is 78.5 Å². The molecular formula is C28H20N2O. The Hall–Kier alpha value is -3.90. The first-order valence-electron chi connectivity index (χ1n) is 10.5. The lowest BCUT2D eigenvalue weighted by Gasteiger charge is -2.22. The Kier molecular flexibility index (Phi) is 3.64. The number of nitrogens with zero attached hydrogens (tertiary/aromatic N) is 2. The highest BCUT2D eigenvalue weighted by molar-refractivity contribution is 6.16. The molecule has 1 aliphatic rings. The van der Waals surface area contributed by atoms with Gasteiger partial charge in [0.15, 0.2) is 0 Å². The van der Waals surface area contributed by atoms with Crippen molar-refractivity contribution in [2.75, 3.05) is 0 Å². The van der Waals surface area contributed by atoms with Crippen LogP contribution in [-0.4, -0.2) is 4.98 Å². The molecule has 148 valence electrons. The van der Waals surface area contributed by atoms with Gasteiger partial charge in [-0.3, -0.25) is 4.98 Å². The van der Waals surface area contributed by atoms with Crippen LogP contribution in [0.25, 0.3) is 43.6 Å². The smallest absolute Gasteiger partial charge is 0.138 e. The van der Waals surface area contributed by atoms with Crippen molar-refractivity contribution in [2.45, 2.75) is 20.3 Å². The number of aromatic nitrogens is 1. The molecule has 3 heteroatoms. The number of fused-ring (bicyclic) bond motifs is 5. The van der Waals surface area contributed by atoms with Crippen LogP contribution in [0.4, 0.5) is 0 Å². The number of pyridine rings is 1. The molecule has 1 aliphatic heterocycles. The van der Waals surface area contributed by atoms with Gasteiger partial charge in [-0.2, -0.15) is 5.26 Å². The Morgan fingerprint density at radius 2 is 1.65 bits per heavy atom. The van der Waals surface area contributed by atoms with E-state index in [0.717, 1.165) is 49.9 Å². The fourth-order valence-corrected chi connectivity index (χ4v) is 4.66. The summed E-state index contributed by atoms with van der Waals surface area (Å²) in [5.74, 6) is 1.69. The van der Waals surface area contributed by atoms with Crippen LogP contribution in [0.1, 0.15) is 19.4 Å². The number of hydrogen-bond donors (Lipinski definition) is 0. The molecule has 3 nitrogen and oxygen atoms in total. The summed E-state index contributed by atoms with van der Waals surface area (Å²) < 4.78 is 6.41. The molecule has 4 aromatic carbocycles. The number of hydrogen-bond acceptors (Lipinski definition) is 3. The summed E-state index contributed by atoms with van der Waals surface area (Å²) in [6.45, 7) is 3.96. The highest BCUT2D eigenvalue weighted by Crippen LogP contribution is 2.48. The Balaban J connectivity index is 1.63. The zero-order valence-corrected chi connectivity index (χ0v) is 17.4. The van der Waals surface area contributed by atoms with Crippen molar-refractivity contribution in [1.82, 2.24) is 4.98 Å². The maximum atomic E-state index is 9.45. The minimum absolute atomic E-state index is 0.398. The predicted molar refractivity (Wildman–Crippen MR) is 125 cm³/mol. The maximum absolute atomic E-state index is 9.45. The second-order valence-electron chi connectivity index (χ2n) is 8.98. The van der Waals surface area contributed by atoms with Crippen molar-refractivity contribution in [2.24, 2.45) is 5.41 Å². The van der Waals surface area contributed by atoms with E-state index in [1.54, 1.807) is 0 Å². The van der Waals surface area contributed by atoms with Crippen molar-refractivity contribution >= 4 is 32.3 Å². The third-order valence-electron chi connectivity index (χ3n) is 6.16. The van der Waals surface area contributed by atoms with E-state index >= 15 is 0 Å². The van der Waals surface area contributed by atoms with E-state index in [-0.39, 0.29) is 0 Å². The van der Waals surface area contributed by atoms with Crippen molar-refractivity contribution in [1.29, 1.82) is 5.26 Å². The first-order valence-corrected chi connectivity index (χ1v) is 10.5. The van der Waals surface area contributed by atoms with E-state index < -0.39 is 5.41 Å². The van der Waals surface area contributed by atoms with Crippen LogP contribution in [0.3, 0.4) is 0 Å². The molecular weight excluding hydrogens is 380 g/mol. The normalized spacial score (nSPS) is 12.5. The maximum Gasteiger partial charge on any atom is 0.138 e. The van der Waals surface area contributed by atoms with Crippen LogP contribution in [-0.2, 0) is 6.42 Å². The standard InChI is InChI=1S/C28H20N2O/c1-28(2,16-29)15-17-7-8-20-14-25-26-21(22(20)11-17)9-10-30-27(26)23-12-18-5-3-4-6-19(18)13-24(23)31-25/h3-14H,15H2,1-2H3. The zero-order valence-electron chi connectivity index (χ0n) is 17.4. The van der Waals surface area contributed by atoms with Crippen molar-refractivity contribution < 1.29 is 4.74 Å². The topological polar surface area (TPSA) is 45.9 Å². The zero-order chi connectivity index (χ0) is 21.2. The fraction of sp³-hybridized carbons (Fsp3) is 0.143. The molecule has 31 heavy (non-hydrogen) atoms. The molecule has 0 bridgehead atoms. The Labute approximate surface area is 180 Å². The van der Waals surface area contributed by atoms with E-state index in [2.05, 4.69) is 66.7 Å². The molecule has 0 fully saturated rings. The Morgan fingerprint density at radius 3 is 2.45 bits per heavy atom. The quantitative estimate of drug-likeness (QED) is 0.284. The van der Waals surface area contributed by atoms with E-state index in [9.17, 15) is 5.26 Å². The molecule has 0 aliphatic carbocycles. The number of benzene rings is 4. The summed E-state index contributed by atoms with van der Waals surface area (Å²) in [4.78, 5) is 4.76. The fourth-order valence-electron chi connectivity index (χ4n) is 4.66. The lowest BCUT2D eigenvalue weighted by molar-refractivity contribution is 0.487. The second-order valence-corrected chi connectivity index (χ2v) is 8.98. The predicted octanol–water partition coefficient (Wildman–Crippen LogP) is 7.41. The average Bonchev–Trinajstić information content (AvgIpc) is 2.78. The summed E-state index contributed by atoms with van der Waals surface area (Å²) in [5.41, 5.74) is 2.75. The van der Waals surface area contributed by atoms with Crippen LogP contribution < -0.4 is 4.74 Å². The largest absolute Gasteiger partial charge is 0.456 e. The lowest BCUT2D eigenvalue weighted by Crippen LogP contribution is -2.11. The molecule has 0 amide bonds. The van der Waals surface area contributed by atoms with Crippen LogP contribution in [0, 0.1) is 16.7 Å². The van der Waals surface area contributed by atoms with Crippen molar-refractivity contribution in [3.63, 3.8) is 0 Å². The Bertz CT molecular complexity index is 1570. The van der Waals surface area contributed by atoms with Gasteiger partial charge in [-0.15, -0.1) is 0 Å². The highest BCUT2D eigenvalue weighted by atomic mass is 16.5. The summed E-state index contributed by atoms with van der Waals surface area (Å²) in [6.07, 6.45) is 2.60. The molecule has 0 unspecified atom stereocenters. The van der Waals surface area contributed by atoms with Gasteiger partial charge < -0.3 is 4.74 Å². The minimum Gasteiger partial charge on any atom is -0.456 e. The second kappa shape index (κ2) is 6.30. The van der Waals surface area contributed by atoms with Gasteiger partial charge in [0.2, 0.25) is 0 Å². The van der Waals surface area contributed by atoms with Gasteiger partial charge in [0, 0.05) is 11.8 Å². The van der Waals surface area contributed by atoms with Crippen LogP contribution in [0.2, 0.25) is 0 Å². The van der Waals surface area contributed by atoms with Crippen LogP contribution >= 0.6 is 0 Å². The summed E-state index contributed by atoms with van der Waals surface area (Å²) >= 11 is 0. The monoisotopic (exact) mass is 400 g/mol. The molecule has 0 saturated carbocycles. The lowest BCUT2D eigenvalue weighted by atomic mass is 9.86. The van der Waals surface area contributed by atoms with Gasteiger partial charge in [0.1, 0.15) is 11.5 Å².